The first-order chi connectivity index (χ1) is 39.0. The van der Waals surface area contributed by atoms with E-state index in [1.807, 2.05) is 0 Å². The third kappa shape index (κ3) is 64.0. The first kappa shape index (κ1) is 74.3. The number of carbonyl (C=O) groups excluding carboxylic acids is 3. The second-order valence-electron chi connectivity index (χ2n) is 20.9. The summed E-state index contributed by atoms with van der Waals surface area (Å²) in [6, 6.07) is 0. The molecule has 0 saturated heterocycles. The highest BCUT2D eigenvalue weighted by Crippen LogP contribution is 2.16. The van der Waals surface area contributed by atoms with Gasteiger partial charge in [-0.2, -0.15) is 0 Å². The van der Waals surface area contributed by atoms with Crippen LogP contribution in [0.15, 0.2) is 146 Å². The molecule has 0 N–H and O–H groups in total. The van der Waals surface area contributed by atoms with Crippen molar-refractivity contribution in [1.82, 2.24) is 0 Å². The summed E-state index contributed by atoms with van der Waals surface area (Å²) in [5.41, 5.74) is 0. The van der Waals surface area contributed by atoms with Crippen molar-refractivity contribution in [3.8, 4) is 0 Å². The minimum Gasteiger partial charge on any atom is -0.462 e. The molecule has 0 amide bonds. The van der Waals surface area contributed by atoms with Crippen molar-refractivity contribution in [2.75, 3.05) is 13.2 Å². The lowest BCUT2D eigenvalue weighted by atomic mass is 10.0. The number of rotatable bonds is 57. The number of hydrogen-bond donors (Lipinski definition) is 0. The van der Waals surface area contributed by atoms with Crippen LogP contribution in [0.5, 0.6) is 0 Å². The minimum absolute atomic E-state index is 0.105. The van der Waals surface area contributed by atoms with E-state index in [9.17, 15) is 14.4 Å². The van der Waals surface area contributed by atoms with Crippen LogP contribution < -0.4 is 0 Å². The molecule has 1 unspecified atom stereocenters. The van der Waals surface area contributed by atoms with Crippen LogP contribution in [-0.4, -0.2) is 37.2 Å². The number of hydrogen-bond acceptors (Lipinski definition) is 6. The van der Waals surface area contributed by atoms with E-state index in [1.165, 1.54) is 89.9 Å². The van der Waals surface area contributed by atoms with Crippen molar-refractivity contribution in [2.45, 2.75) is 284 Å². The number of esters is 3. The van der Waals surface area contributed by atoms with Crippen molar-refractivity contribution in [2.24, 2.45) is 0 Å². The van der Waals surface area contributed by atoms with Gasteiger partial charge in [-0.15, -0.1) is 0 Å². The van der Waals surface area contributed by atoms with Gasteiger partial charge in [0.05, 0.1) is 0 Å². The Labute approximate surface area is 487 Å². The Balaban J connectivity index is 4.33. The molecule has 0 aromatic carbocycles. The Hall–Kier alpha value is -4.71. The minimum atomic E-state index is -0.814. The van der Waals surface area contributed by atoms with Gasteiger partial charge in [-0.3, -0.25) is 14.4 Å². The molecule has 0 aliphatic heterocycles. The summed E-state index contributed by atoms with van der Waals surface area (Å²) in [5.74, 6) is -0.967. The lowest BCUT2D eigenvalue weighted by Crippen LogP contribution is -2.30. The van der Waals surface area contributed by atoms with E-state index in [4.69, 9.17) is 14.2 Å². The van der Waals surface area contributed by atoms with Crippen LogP contribution >= 0.6 is 0 Å². The number of allylic oxidation sites excluding steroid dienone is 24. The molecule has 0 heterocycles. The summed E-state index contributed by atoms with van der Waals surface area (Å²) < 4.78 is 16.9. The molecule has 0 rings (SSSR count). The normalized spacial score (nSPS) is 13.1. The third-order valence-corrected chi connectivity index (χ3v) is 13.3. The fourth-order valence-corrected chi connectivity index (χ4v) is 8.59. The number of carbonyl (C=O) groups is 3. The SMILES string of the molecule is CC/C=C\C/C=C\C/C=C\C/C=C\C/C=C\CCCCCC(=O)OC(COC(=O)CCCCC/C=C\C/C=C\C/C=C\CC)COC(=O)CCCCCCCCCCCCCCCCCC/C=C\C/C=C\C/C=C\C/C=C\CC. The van der Waals surface area contributed by atoms with Gasteiger partial charge >= 0.3 is 17.9 Å². The molecule has 0 radical (unpaired) electrons. The summed E-state index contributed by atoms with van der Waals surface area (Å²) >= 11 is 0. The topological polar surface area (TPSA) is 78.9 Å². The molecule has 0 saturated carbocycles. The first-order valence-electron chi connectivity index (χ1n) is 32.3. The van der Waals surface area contributed by atoms with Crippen LogP contribution in [0.4, 0.5) is 0 Å². The maximum atomic E-state index is 12.9. The Morgan fingerprint density at radius 3 is 0.722 bits per heavy atom. The zero-order chi connectivity index (χ0) is 57.1. The van der Waals surface area contributed by atoms with Crippen LogP contribution in [-0.2, 0) is 28.6 Å². The van der Waals surface area contributed by atoms with E-state index in [2.05, 4.69) is 167 Å². The van der Waals surface area contributed by atoms with Crippen molar-refractivity contribution in [1.29, 1.82) is 0 Å². The van der Waals surface area contributed by atoms with E-state index in [0.717, 1.165) is 141 Å². The van der Waals surface area contributed by atoms with Gasteiger partial charge < -0.3 is 14.2 Å². The predicted octanol–water partition coefficient (Wildman–Crippen LogP) is 22.3. The molecular formula is C73H118O6. The smallest absolute Gasteiger partial charge is 0.306 e. The van der Waals surface area contributed by atoms with Crippen LogP contribution in [0.3, 0.4) is 0 Å². The molecule has 79 heavy (non-hydrogen) atoms. The van der Waals surface area contributed by atoms with E-state index in [-0.39, 0.29) is 37.5 Å². The fraction of sp³-hybridized carbons (Fsp3) is 0.630. The van der Waals surface area contributed by atoms with Gasteiger partial charge in [0.25, 0.3) is 0 Å². The zero-order valence-electron chi connectivity index (χ0n) is 51.1. The third-order valence-electron chi connectivity index (χ3n) is 13.3. The van der Waals surface area contributed by atoms with Crippen molar-refractivity contribution < 1.29 is 28.6 Å². The quantitative estimate of drug-likeness (QED) is 0.0261. The summed E-state index contributed by atoms with van der Waals surface area (Å²) in [7, 11) is 0. The molecule has 0 aliphatic rings. The van der Waals surface area contributed by atoms with Crippen molar-refractivity contribution in [3.63, 3.8) is 0 Å². The largest absolute Gasteiger partial charge is 0.462 e. The molecule has 0 aromatic heterocycles. The maximum Gasteiger partial charge on any atom is 0.306 e. The summed E-state index contributed by atoms with van der Waals surface area (Å²) in [6.45, 7) is 6.25. The fourth-order valence-electron chi connectivity index (χ4n) is 8.59. The molecule has 6 nitrogen and oxygen atoms in total. The summed E-state index contributed by atoms with van der Waals surface area (Å²) in [4.78, 5) is 38.3. The summed E-state index contributed by atoms with van der Waals surface area (Å²) in [5, 5.41) is 0. The summed E-state index contributed by atoms with van der Waals surface area (Å²) in [6.07, 6.45) is 94.4. The molecule has 0 aliphatic carbocycles. The molecule has 446 valence electrons. The Bertz CT molecular complexity index is 1730. The van der Waals surface area contributed by atoms with Gasteiger partial charge in [-0.05, 0) is 135 Å². The van der Waals surface area contributed by atoms with E-state index >= 15 is 0 Å². The Morgan fingerprint density at radius 1 is 0.253 bits per heavy atom. The highest BCUT2D eigenvalue weighted by atomic mass is 16.6. The molecule has 0 fully saturated rings. The van der Waals surface area contributed by atoms with Crippen molar-refractivity contribution >= 4 is 17.9 Å². The van der Waals surface area contributed by atoms with Gasteiger partial charge in [0.2, 0.25) is 0 Å². The number of ether oxygens (including phenoxy) is 3. The predicted molar refractivity (Wildman–Crippen MR) is 343 cm³/mol. The lowest BCUT2D eigenvalue weighted by Gasteiger charge is -2.18. The van der Waals surface area contributed by atoms with E-state index in [1.54, 1.807) is 0 Å². The highest BCUT2D eigenvalue weighted by Gasteiger charge is 2.19. The van der Waals surface area contributed by atoms with Gasteiger partial charge in [0, 0.05) is 19.3 Å². The van der Waals surface area contributed by atoms with Gasteiger partial charge in [0.15, 0.2) is 6.10 Å². The molecule has 1 atom stereocenters. The standard InChI is InChI=1S/C73H118O6/c1-4-7-10-13-16-19-22-25-27-29-31-32-33-34-35-36-37-38-39-40-42-43-45-48-51-54-57-60-63-66-72(75)78-69-70(68-77-71(74)65-62-59-56-53-50-47-24-21-18-15-12-9-6-3)79-73(76)67-64-61-58-55-52-49-46-44-41-30-28-26-23-20-17-14-11-8-5-2/h7-12,16-21,25-28,31-32,41,44,47,49-50,52,70H,4-6,13-15,22-24,29-30,33-40,42-43,45-46,48,51,53-69H2,1-3H3/b10-7-,11-8-,12-9-,19-16-,20-17-,21-18-,27-25-,28-26-,32-31-,44-41-,50-47-,52-49-. The van der Waals surface area contributed by atoms with Gasteiger partial charge in [-0.25, -0.2) is 0 Å². The molecular weight excluding hydrogens is 973 g/mol. The van der Waals surface area contributed by atoms with Crippen LogP contribution in [0.2, 0.25) is 0 Å². The first-order valence-corrected chi connectivity index (χ1v) is 32.3. The Kier molecular flexibility index (Phi) is 61.9. The van der Waals surface area contributed by atoms with Crippen LogP contribution in [0, 0.1) is 0 Å². The highest BCUT2D eigenvalue weighted by molar-refractivity contribution is 5.71. The maximum absolute atomic E-state index is 12.9. The van der Waals surface area contributed by atoms with Crippen LogP contribution in [0.25, 0.3) is 0 Å². The molecule has 6 heteroatoms. The number of unbranched alkanes of at least 4 members (excludes halogenated alkanes) is 22. The zero-order valence-corrected chi connectivity index (χ0v) is 51.1. The van der Waals surface area contributed by atoms with E-state index in [0.29, 0.717) is 19.3 Å². The lowest BCUT2D eigenvalue weighted by molar-refractivity contribution is -0.167. The van der Waals surface area contributed by atoms with Gasteiger partial charge in [0.1, 0.15) is 13.2 Å². The average Bonchev–Trinajstić information content (AvgIpc) is 3.45. The monoisotopic (exact) mass is 1090 g/mol. The van der Waals surface area contributed by atoms with Crippen LogP contribution in [0.1, 0.15) is 278 Å². The van der Waals surface area contributed by atoms with Crippen molar-refractivity contribution in [3.05, 3.63) is 146 Å². The molecule has 0 bridgehead atoms. The second kappa shape index (κ2) is 65.8. The average molecular weight is 1090 g/mol. The molecule has 0 aromatic rings. The molecule has 0 spiro atoms. The Morgan fingerprint density at radius 2 is 0.456 bits per heavy atom. The van der Waals surface area contributed by atoms with E-state index < -0.39 is 6.10 Å². The second-order valence-corrected chi connectivity index (χ2v) is 20.9. The van der Waals surface area contributed by atoms with Gasteiger partial charge in [-0.1, -0.05) is 269 Å².